The third kappa shape index (κ3) is 13.0. The second-order valence-electron chi connectivity index (χ2n) is 6.83. The number of nitrogens with zero attached hydrogens (tertiary/aromatic N) is 2. The van der Waals surface area contributed by atoms with Crippen LogP contribution in [0.1, 0.15) is 33.6 Å². The highest BCUT2D eigenvalue weighted by molar-refractivity contribution is 5.77. The van der Waals surface area contributed by atoms with Crippen LogP contribution in [0.25, 0.3) is 0 Å². The Morgan fingerprint density at radius 1 is 0.821 bits per heavy atom. The number of carboxylic acids is 1. The van der Waals surface area contributed by atoms with Crippen molar-refractivity contribution in [2.75, 3.05) is 26.2 Å². The second kappa shape index (κ2) is 9.82. The summed E-state index contributed by atoms with van der Waals surface area (Å²) in [6.45, 7) is 5.73. The van der Waals surface area contributed by atoms with Crippen molar-refractivity contribution in [1.82, 2.24) is 9.80 Å². The lowest BCUT2D eigenvalue weighted by Crippen LogP contribution is -2.52. The number of carbonyl (C=O) groups is 3. The highest BCUT2D eigenvalue weighted by Gasteiger charge is 2.35. The molecule has 0 aromatic carbocycles. The van der Waals surface area contributed by atoms with Gasteiger partial charge < -0.3 is 19.6 Å². The van der Waals surface area contributed by atoms with Gasteiger partial charge in [0.1, 0.15) is 18.4 Å². The molecule has 0 aromatic heterocycles. The fraction of sp³-hybridized carbons (Fsp3) is 0.800. The van der Waals surface area contributed by atoms with E-state index in [4.69, 9.17) is 9.84 Å². The van der Waals surface area contributed by atoms with Crippen molar-refractivity contribution in [3.63, 3.8) is 0 Å². The molecule has 0 radical (unpaired) electrons. The molecule has 1 N–H and O–H groups in total. The molecule has 0 bridgehead atoms. The van der Waals surface area contributed by atoms with E-state index in [1.165, 1.54) is 4.90 Å². The van der Waals surface area contributed by atoms with Crippen molar-refractivity contribution in [3.05, 3.63) is 0 Å². The summed E-state index contributed by atoms with van der Waals surface area (Å²) in [5.74, 6) is -2.81. The molecule has 1 aliphatic rings. The summed E-state index contributed by atoms with van der Waals surface area (Å²) in [6.07, 6.45) is -12.8. The molecule has 13 heteroatoms. The first-order valence-corrected chi connectivity index (χ1v) is 8.00. The number of hydrogen-bond acceptors (Lipinski definition) is 4. The number of alkyl halides is 6. The number of hydrogen-bond donors (Lipinski definition) is 1. The van der Waals surface area contributed by atoms with E-state index in [0.29, 0.717) is 0 Å². The van der Waals surface area contributed by atoms with Crippen LogP contribution in [-0.4, -0.2) is 77.0 Å². The van der Waals surface area contributed by atoms with Crippen LogP contribution in [0, 0.1) is 0 Å². The van der Waals surface area contributed by atoms with Crippen LogP contribution in [0.2, 0.25) is 0 Å². The van der Waals surface area contributed by atoms with Gasteiger partial charge in [0.2, 0.25) is 5.91 Å². The maximum Gasteiger partial charge on any atom is 0.410 e. The van der Waals surface area contributed by atoms with Crippen LogP contribution in [0.5, 0.6) is 0 Å². The first-order chi connectivity index (χ1) is 12.4. The van der Waals surface area contributed by atoms with Gasteiger partial charge >= 0.3 is 24.4 Å². The van der Waals surface area contributed by atoms with Gasteiger partial charge in [-0.05, 0) is 20.8 Å². The van der Waals surface area contributed by atoms with E-state index in [-0.39, 0.29) is 26.2 Å². The number of carboxylic acid groups (broad SMARTS) is 1. The Labute approximate surface area is 157 Å². The predicted molar refractivity (Wildman–Crippen MR) is 83.4 cm³/mol. The van der Waals surface area contributed by atoms with Crippen molar-refractivity contribution < 1.29 is 50.6 Å². The van der Waals surface area contributed by atoms with E-state index in [1.807, 2.05) is 0 Å². The molecule has 1 rings (SSSR count). The number of piperazine rings is 1. The molecule has 164 valence electrons. The SMILES string of the molecule is CC(C)(C)OC(=O)N1CCN(C(=O)CC(F)(F)F)CC1.O=C(O)CC(F)(F)F. The maximum atomic E-state index is 12.1. The summed E-state index contributed by atoms with van der Waals surface area (Å²) in [5.41, 5.74) is -0.625. The largest absolute Gasteiger partial charge is 0.481 e. The molecule has 1 heterocycles. The van der Waals surface area contributed by atoms with E-state index >= 15 is 0 Å². The van der Waals surface area contributed by atoms with Crippen molar-refractivity contribution in [1.29, 1.82) is 0 Å². The average Bonchev–Trinajstić information content (AvgIpc) is 2.41. The molecule has 0 aliphatic carbocycles. The molecule has 0 aromatic rings. The molecule has 1 saturated heterocycles. The van der Waals surface area contributed by atoms with Crippen molar-refractivity contribution in [2.24, 2.45) is 0 Å². The van der Waals surface area contributed by atoms with Crippen LogP contribution in [0.4, 0.5) is 31.1 Å². The fourth-order valence-electron chi connectivity index (χ4n) is 1.92. The Balaban J connectivity index is 0.000000769. The quantitative estimate of drug-likeness (QED) is 0.689. The monoisotopic (exact) mass is 424 g/mol. The van der Waals surface area contributed by atoms with E-state index in [1.54, 1.807) is 20.8 Å². The maximum absolute atomic E-state index is 12.1. The van der Waals surface area contributed by atoms with Gasteiger partial charge in [0.25, 0.3) is 0 Å². The predicted octanol–water partition coefficient (Wildman–Crippen LogP) is 3.04. The van der Waals surface area contributed by atoms with Gasteiger partial charge in [0, 0.05) is 26.2 Å². The number of ether oxygens (including phenoxy) is 1. The number of amides is 2. The van der Waals surface area contributed by atoms with Gasteiger partial charge in [0.05, 0.1) is 0 Å². The van der Waals surface area contributed by atoms with E-state index < -0.39 is 48.8 Å². The third-order valence-corrected chi connectivity index (χ3v) is 2.99. The summed E-state index contributed by atoms with van der Waals surface area (Å²) in [6, 6.07) is 0. The fourth-order valence-corrected chi connectivity index (χ4v) is 1.92. The zero-order valence-corrected chi connectivity index (χ0v) is 15.5. The summed E-state index contributed by atoms with van der Waals surface area (Å²) < 4.78 is 74.3. The molecule has 0 saturated carbocycles. The minimum atomic E-state index is -4.58. The van der Waals surface area contributed by atoms with Crippen molar-refractivity contribution in [3.8, 4) is 0 Å². The van der Waals surface area contributed by atoms with Gasteiger partial charge in [-0.3, -0.25) is 9.59 Å². The van der Waals surface area contributed by atoms with Gasteiger partial charge in [-0.2, -0.15) is 26.3 Å². The molecule has 1 fully saturated rings. The lowest BCUT2D eigenvalue weighted by atomic mass is 10.2. The molecule has 0 atom stereocenters. The highest BCUT2D eigenvalue weighted by Crippen LogP contribution is 2.21. The van der Waals surface area contributed by atoms with Crippen LogP contribution in [0.15, 0.2) is 0 Å². The van der Waals surface area contributed by atoms with Crippen LogP contribution in [0.3, 0.4) is 0 Å². The Hall–Kier alpha value is -2.21. The number of carbonyl (C=O) groups excluding carboxylic acids is 2. The number of halogens is 6. The van der Waals surface area contributed by atoms with Gasteiger partial charge in [-0.15, -0.1) is 0 Å². The molecule has 1 aliphatic heterocycles. The van der Waals surface area contributed by atoms with Crippen molar-refractivity contribution in [2.45, 2.75) is 51.6 Å². The normalized spacial score (nSPS) is 15.5. The lowest BCUT2D eigenvalue weighted by molar-refractivity contribution is -0.166. The average molecular weight is 424 g/mol. The van der Waals surface area contributed by atoms with Crippen LogP contribution >= 0.6 is 0 Å². The Morgan fingerprint density at radius 2 is 1.21 bits per heavy atom. The molecule has 2 amide bonds. The smallest absolute Gasteiger partial charge is 0.410 e. The van der Waals surface area contributed by atoms with Gasteiger partial charge in [-0.25, -0.2) is 4.79 Å². The Morgan fingerprint density at radius 3 is 1.50 bits per heavy atom. The zero-order chi connectivity index (χ0) is 22.3. The minimum Gasteiger partial charge on any atom is -0.481 e. The lowest BCUT2D eigenvalue weighted by Gasteiger charge is -2.35. The summed E-state index contributed by atoms with van der Waals surface area (Å²) in [4.78, 5) is 34.9. The molecule has 0 unspecified atom stereocenters. The number of aliphatic carboxylic acids is 1. The zero-order valence-electron chi connectivity index (χ0n) is 15.5. The van der Waals surface area contributed by atoms with E-state index in [2.05, 4.69) is 0 Å². The molecular formula is C15H22F6N2O5. The highest BCUT2D eigenvalue weighted by atomic mass is 19.4. The van der Waals surface area contributed by atoms with Crippen molar-refractivity contribution >= 4 is 18.0 Å². The van der Waals surface area contributed by atoms with Crippen LogP contribution < -0.4 is 0 Å². The second-order valence-corrected chi connectivity index (χ2v) is 6.83. The molecular weight excluding hydrogens is 402 g/mol. The standard InChI is InChI=1S/C12H19F3N2O3.C3H3F3O2/c1-11(2,3)20-10(19)17-6-4-16(5-7-17)9(18)8-12(13,14)15;4-3(5,6)1-2(7)8/h4-8H2,1-3H3;1H2,(H,7,8). The van der Waals surface area contributed by atoms with E-state index in [9.17, 15) is 40.7 Å². The Bertz CT molecular complexity index is 513. The summed E-state index contributed by atoms with van der Waals surface area (Å²) in [7, 11) is 0. The first kappa shape index (κ1) is 25.8. The number of rotatable bonds is 2. The summed E-state index contributed by atoms with van der Waals surface area (Å²) in [5, 5.41) is 7.53. The van der Waals surface area contributed by atoms with Crippen LogP contribution in [-0.2, 0) is 14.3 Å². The molecule has 28 heavy (non-hydrogen) atoms. The first-order valence-electron chi connectivity index (χ1n) is 8.00. The Kier molecular flexibility index (Phi) is 9.05. The topological polar surface area (TPSA) is 87.2 Å². The van der Waals surface area contributed by atoms with Gasteiger partial charge in [0.15, 0.2) is 0 Å². The summed E-state index contributed by atoms with van der Waals surface area (Å²) >= 11 is 0. The molecule has 0 spiro atoms. The molecule has 7 nitrogen and oxygen atoms in total. The van der Waals surface area contributed by atoms with Gasteiger partial charge in [-0.1, -0.05) is 0 Å². The minimum absolute atomic E-state index is 0.0914. The van der Waals surface area contributed by atoms with E-state index in [0.717, 1.165) is 4.90 Å². The third-order valence-electron chi connectivity index (χ3n) is 2.99.